The van der Waals surface area contributed by atoms with Crippen molar-refractivity contribution in [2.75, 3.05) is 39.2 Å². The molecule has 1 aliphatic rings. The van der Waals surface area contributed by atoms with Crippen LogP contribution in [0.1, 0.15) is 0 Å². The Hall–Kier alpha value is -3.39. The average Bonchev–Trinajstić information content (AvgIpc) is 3.03. The van der Waals surface area contributed by atoms with E-state index in [1.54, 1.807) is 30.3 Å². The largest absolute Gasteiger partial charge is 0.494 e. The number of halogens is 1. The summed E-state index contributed by atoms with van der Waals surface area (Å²) in [5, 5.41) is 12.1. The van der Waals surface area contributed by atoms with Crippen LogP contribution in [-0.4, -0.2) is 55.8 Å². The number of nitrogens with one attached hydrogen (secondary N) is 1. The molecule has 0 radical (unpaired) electrons. The fourth-order valence-corrected chi connectivity index (χ4v) is 3.12. The maximum Gasteiger partial charge on any atom is 0.337 e. The van der Waals surface area contributed by atoms with E-state index in [2.05, 4.69) is 5.32 Å². The van der Waals surface area contributed by atoms with Crippen molar-refractivity contribution in [1.29, 1.82) is 0 Å². The third kappa shape index (κ3) is 4.22. The summed E-state index contributed by atoms with van der Waals surface area (Å²) in [5.41, 5.74) is 2.19. The third-order valence-electron chi connectivity index (χ3n) is 4.57. The molecule has 1 amide bonds. The average molecular weight is 400 g/mol. The Morgan fingerprint density at radius 2 is 1.97 bits per heavy atom. The number of anilines is 1. The lowest BCUT2D eigenvalue weighted by Crippen LogP contribution is -2.31. The molecule has 0 spiro atoms. The Balaban J connectivity index is 1.91. The van der Waals surface area contributed by atoms with Gasteiger partial charge in [0.25, 0.3) is 5.91 Å². The van der Waals surface area contributed by atoms with Crippen LogP contribution in [0, 0.1) is 5.82 Å². The molecule has 0 unspecified atom stereocenters. The van der Waals surface area contributed by atoms with Gasteiger partial charge in [0.2, 0.25) is 0 Å². The van der Waals surface area contributed by atoms with Gasteiger partial charge in [0, 0.05) is 12.2 Å². The highest BCUT2D eigenvalue weighted by atomic mass is 19.1. The lowest BCUT2D eigenvalue weighted by molar-refractivity contribution is -0.136. The first kappa shape index (κ1) is 20.3. The molecule has 0 aromatic heterocycles. The van der Waals surface area contributed by atoms with Gasteiger partial charge in [-0.15, -0.1) is 0 Å². The maximum absolute atomic E-state index is 14.0. The summed E-state index contributed by atoms with van der Waals surface area (Å²) in [5.74, 6) is -1.35. The number of hydrogen-bond donors (Lipinski definition) is 2. The summed E-state index contributed by atoms with van der Waals surface area (Å²) < 4.78 is 23.8. The van der Waals surface area contributed by atoms with E-state index in [1.165, 1.54) is 31.3 Å². The highest BCUT2D eigenvalue weighted by Crippen LogP contribution is 2.29. The molecule has 0 bridgehead atoms. The van der Waals surface area contributed by atoms with Gasteiger partial charge in [-0.1, -0.05) is 18.2 Å². The number of aliphatic hydroxyl groups excluding tert-OH is 1. The number of hydrogen-bond acceptors (Lipinski definition) is 6. The summed E-state index contributed by atoms with van der Waals surface area (Å²) in [6.07, 6.45) is 0. The molecule has 1 aliphatic heterocycles. The van der Waals surface area contributed by atoms with E-state index in [9.17, 15) is 14.0 Å². The van der Waals surface area contributed by atoms with Crippen LogP contribution in [0.3, 0.4) is 0 Å². The van der Waals surface area contributed by atoms with E-state index in [0.29, 0.717) is 11.3 Å². The molecular weight excluding hydrogens is 379 g/mol. The molecule has 2 N–H and O–H groups in total. The predicted molar refractivity (Wildman–Crippen MR) is 105 cm³/mol. The number of β-amino-alcohol motifs (C(OH)–C–C–N with tert-alkyl or cyclic N) is 1. The van der Waals surface area contributed by atoms with Crippen LogP contribution >= 0.6 is 0 Å². The Morgan fingerprint density at radius 1 is 1.21 bits per heavy atom. The smallest absolute Gasteiger partial charge is 0.337 e. The second kappa shape index (κ2) is 8.74. The molecule has 0 saturated heterocycles. The molecule has 1 heterocycles. The minimum atomic E-state index is -0.616. The molecule has 7 nitrogen and oxygen atoms in total. The second-order valence-corrected chi connectivity index (χ2v) is 6.35. The number of ether oxygens (including phenoxy) is 2. The van der Waals surface area contributed by atoms with Gasteiger partial charge in [-0.2, -0.15) is 0 Å². The minimum Gasteiger partial charge on any atom is -0.494 e. The van der Waals surface area contributed by atoms with E-state index in [-0.39, 0.29) is 36.7 Å². The highest BCUT2D eigenvalue weighted by molar-refractivity contribution is 6.08. The molecule has 0 atom stereocenters. The van der Waals surface area contributed by atoms with Gasteiger partial charge in [-0.05, 0) is 35.4 Å². The maximum atomic E-state index is 14.0. The molecule has 29 heavy (non-hydrogen) atoms. The zero-order valence-electron chi connectivity index (χ0n) is 16.1. The standard InChI is InChI=1S/C21H21FN2O5/c1-28-18-7-6-14(11-17(18)22)13-4-3-5-15(10-13)23-19-16(21(27)29-2)12-24(8-9-25)20(19)26/h3-7,10-11,23,25H,8-9,12H2,1-2H3. The number of benzene rings is 2. The van der Waals surface area contributed by atoms with Crippen molar-refractivity contribution in [3.05, 3.63) is 59.6 Å². The van der Waals surface area contributed by atoms with E-state index >= 15 is 0 Å². The van der Waals surface area contributed by atoms with Crippen molar-refractivity contribution in [2.24, 2.45) is 0 Å². The molecule has 152 valence electrons. The van der Waals surface area contributed by atoms with Gasteiger partial charge < -0.3 is 24.8 Å². The molecule has 2 aromatic carbocycles. The fraction of sp³-hybridized carbons (Fsp3) is 0.238. The number of amides is 1. The Labute approximate surface area is 167 Å². The fourth-order valence-electron chi connectivity index (χ4n) is 3.12. The van der Waals surface area contributed by atoms with Crippen molar-refractivity contribution in [3.8, 4) is 16.9 Å². The first-order chi connectivity index (χ1) is 14.0. The van der Waals surface area contributed by atoms with Crippen LogP contribution in [-0.2, 0) is 14.3 Å². The number of rotatable bonds is 7. The number of esters is 1. The van der Waals surface area contributed by atoms with Gasteiger partial charge in [0.1, 0.15) is 5.70 Å². The predicted octanol–water partition coefficient (Wildman–Crippen LogP) is 2.17. The van der Waals surface area contributed by atoms with Gasteiger partial charge in [-0.25, -0.2) is 9.18 Å². The van der Waals surface area contributed by atoms with Crippen molar-refractivity contribution in [3.63, 3.8) is 0 Å². The topological polar surface area (TPSA) is 88.1 Å². The molecule has 0 fully saturated rings. The normalized spacial score (nSPS) is 13.7. The summed E-state index contributed by atoms with van der Waals surface area (Å²) in [6.45, 7) is -0.0561. The van der Waals surface area contributed by atoms with Gasteiger partial charge >= 0.3 is 5.97 Å². The number of carbonyl (C=O) groups is 2. The number of aliphatic hydroxyl groups is 1. The molecule has 8 heteroatoms. The monoisotopic (exact) mass is 400 g/mol. The zero-order chi connectivity index (χ0) is 21.0. The Kier molecular flexibility index (Phi) is 6.13. The van der Waals surface area contributed by atoms with Crippen LogP contribution in [0.2, 0.25) is 0 Å². The Morgan fingerprint density at radius 3 is 2.62 bits per heavy atom. The van der Waals surface area contributed by atoms with E-state index in [1.807, 2.05) is 0 Å². The van der Waals surface area contributed by atoms with E-state index < -0.39 is 17.7 Å². The third-order valence-corrected chi connectivity index (χ3v) is 4.57. The second-order valence-electron chi connectivity index (χ2n) is 6.35. The molecule has 2 aromatic rings. The first-order valence-corrected chi connectivity index (χ1v) is 8.91. The van der Waals surface area contributed by atoms with E-state index in [0.717, 1.165) is 5.56 Å². The summed E-state index contributed by atoms with van der Waals surface area (Å²) in [6, 6.07) is 11.7. The lowest BCUT2D eigenvalue weighted by atomic mass is 10.0. The van der Waals surface area contributed by atoms with Gasteiger partial charge in [0.05, 0.1) is 32.9 Å². The molecule has 0 aliphatic carbocycles. The summed E-state index contributed by atoms with van der Waals surface area (Å²) in [7, 11) is 2.64. The molecule has 0 saturated carbocycles. The lowest BCUT2D eigenvalue weighted by Gasteiger charge is -2.15. The van der Waals surface area contributed by atoms with Crippen LogP contribution in [0.5, 0.6) is 5.75 Å². The zero-order valence-corrected chi connectivity index (χ0v) is 16.1. The van der Waals surface area contributed by atoms with Crippen molar-refractivity contribution >= 4 is 17.6 Å². The summed E-state index contributed by atoms with van der Waals surface area (Å²) in [4.78, 5) is 26.1. The van der Waals surface area contributed by atoms with Crippen molar-refractivity contribution in [1.82, 2.24) is 4.90 Å². The number of nitrogens with zero attached hydrogens (tertiary/aromatic N) is 1. The van der Waals surface area contributed by atoms with Crippen molar-refractivity contribution in [2.45, 2.75) is 0 Å². The summed E-state index contributed by atoms with van der Waals surface area (Å²) >= 11 is 0. The SMILES string of the molecule is COC(=O)C1=C(Nc2cccc(-c3ccc(OC)c(F)c3)c2)C(=O)N(CCO)C1. The Bertz CT molecular complexity index is 973. The molecule has 3 rings (SSSR count). The van der Waals surface area contributed by atoms with Crippen molar-refractivity contribution < 1.29 is 28.6 Å². The van der Waals surface area contributed by atoms with Crippen LogP contribution in [0.15, 0.2) is 53.7 Å². The van der Waals surface area contributed by atoms with Gasteiger partial charge in [-0.3, -0.25) is 4.79 Å². The molecular formula is C21H21FN2O5. The highest BCUT2D eigenvalue weighted by Gasteiger charge is 2.34. The van der Waals surface area contributed by atoms with Gasteiger partial charge in [0.15, 0.2) is 11.6 Å². The van der Waals surface area contributed by atoms with Crippen LogP contribution in [0.25, 0.3) is 11.1 Å². The minimum absolute atomic E-state index is 0.0534. The van der Waals surface area contributed by atoms with Crippen LogP contribution < -0.4 is 10.1 Å². The quantitative estimate of drug-likeness (QED) is 0.693. The first-order valence-electron chi connectivity index (χ1n) is 8.91. The number of carbonyl (C=O) groups excluding carboxylic acids is 2. The van der Waals surface area contributed by atoms with Crippen LogP contribution in [0.4, 0.5) is 10.1 Å². The van der Waals surface area contributed by atoms with E-state index in [4.69, 9.17) is 14.6 Å². The number of methoxy groups -OCH3 is 2.